The fraction of sp³-hybridized carbons (Fsp3) is 0.125. The van der Waals surface area contributed by atoms with Crippen LogP contribution in [0.5, 0.6) is 0 Å². The zero-order valence-electron chi connectivity index (χ0n) is 10.5. The summed E-state index contributed by atoms with van der Waals surface area (Å²) in [5.74, 6) is 0. The van der Waals surface area contributed by atoms with E-state index in [-0.39, 0.29) is 0 Å². The van der Waals surface area contributed by atoms with Crippen LogP contribution in [0.1, 0.15) is 6.42 Å². The van der Waals surface area contributed by atoms with E-state index in [0.717, 1.165) is 28.4 Å². The molecule has 0 saturated carbocycles. The number of nitrogens with zero attached hydrogens (tertiary/aromatic N) is 2. The van der Waals surface area contributed by atoms with Crippen molar-refractivity contribution in [2.45, 2.75) is 13.0 Å². The van der Waals surface area contributed by atoms with Crippen LogP contribution in [0.25, 0.3) is 22.2 Å². The molecule has 0 unspecified atom stereocenters. The van der Waals surface area contributed by atoms with Crippen molar-refractivity contribution in [1.82, 2.24) is 9.78 Å². The Morgan fingerprint density at radius 3 is 2.53 bits per heavy atom. The zero-order valence-corrected chi connectivity index (χ0v) is 10.5. The molecule has 1 aromatic heterocycles. The van der Waals surface area contributed by atoms with Gasteiger partial charge in [0.2, 0.25) is 0 Å². The molecule has 19 heavy (non-hydrogen) atoms. The summed E-state index contributed by atoms with van der Waals surface area (Å²) < 4.78 is 1.91. The molecule has 0 aliphatic rings. The van der Waals surface area contributed by atoms with Crippen LogP contribution in [0.15, 0.2) is 54.6 Å². The van der Waals surface area contributed by atoms with Gasteiger partial charge in [-0.1, -0.05) is 48.5 Å². The summed E-state index contributed by atoms with van der Waals surface area (Å²) in [6, 6.07) is 18.2. The lowest BCUT2D eigenvalue weighted by Gasteiger charge is -1.98. The second kappa shape index (κ2) is 5.06. The number of rotatable bonds is 4. The van der Waals surface area contributed by atoms with Gasteiger partial charge in [-0.25, -0.2) is 0 Å². The van der Waals surface area contributed by atoms with E-state index < -0.39 is 0 Å². The van der Waals surface area contributed by atoms with Gasteiger partial charge in [-0.05, 0) is 6.07 Å². The van der Waals surface area contributed by atoms with E-state index in [4.69, 9.17) is 0 Å². The van der Waals surface area contributed by atoms with E-state index in [1.165, 1.54) is 0 Å². The summed E-state index contributed by atoms with van der Waals surface area (Å²) in [4.78, 5) is 10.5. The van der Waals surface area contributed by atoms with Crippen molar-refractivity contribution in [1.29, 1.82) is 0 Å². The monoisotopic (exact) mass is 250 g/mol. The standard InChI is InChI=1S/C16H14N2O/c19-12-6-11-18-15-10-5-4-9-14(15)16(17-18)13-7-2-1-3-8-13/h1-5,7-10,12H,6,11H2. The summed E-state index contributed by atoms with van der Waals surface area (Å²) in [6.07, 6.45) is 1.42. The Kier molecular flexibility index (Phi) is 3.11. The van der Waals surface area contributed by atoms with Gasteiger partial charge < -0.3 is 4.79 Å². The number of aryl methyl sites for hydroxylation is 1. The lowest BCUT2D eigenvalue weighted by atomic mass is 10.1. The Morgan fingerprint density at radius 2 is 1.74 bits per heavy atom. The van der Waals surface area contributed by atoms with Crippen LogP contribution in [-0.2, 0) is 11.3 Å². The third kappa shape index (κ3) is 2.15. The summed E-state index contributed by atoms with van der Waals surface area (Å²) in [5.41, 5.74) is 3.15. The average molecular weight is 250 g/mol. The summed E-state index contributed by atoms with van der Waals surface area (Å²) in [6.45, 7) is 0.622. The van der Waals surface area contributed by atoms with E-state index in [0.29, 0.717) is 13.0 Å². The molecule has 2 aromatic carbocycles. The molecule has 3 rings (SSSR count). The number of fused-ring (bicyclic) bond motifs is 1. The molecule has 0 radical (unpaired) electrons. The van der Waals surface area contributed by atoms with Crippen LogP contribution < -0.4 is 0 Å². The third-order valence-electron chi connectivity index (χ3n) is 3.16. The molecular formula is C16H14N2O. The smallest absolute Gasteiger partial charge is 0.121 e. The lowest BCUT2D eigenvalue weighted by Crippen LogP contribution is -2.00. The number of para-hydroxylation sites is 1. The van der Waals surface area contributed by atoms with Gasteiger partial charge in [0, 0.05) is 23.9 Å². The quantitative estimate of drug-likeness (QED) is 0.666. The van der Waals surface area contributed by atoms with Gasteiger partial charge in [-0.2, -0.15) is 5.10 Å². The number of hydrogen-bond donors (Lipinski definition) is 0. The molecule has 0 N–H and O–H groups in total. The maximum Gasteiger partial charge on any atom is 0.121 e. The molecule has 0 spiro atoms. The van der Waals surface area contributed by atoms with Crippen molar-refractivity contribution >= 4 is 17.2 Å². The van der Waals surface area contributed by atoms with Crippen molar-refractivity contribution < 1.29 is 4.79 Å². The lowest BCUT2D eigenvalue weighted by molar-refractivity contribution is -0.108. The molecule has 0 saturated heterocycles. The van der Waals surface area contributed by atoms with Gasteiger partial charge in [0.15, 0.2) is 0 Å². The first-order chi connectivity index (χ1) is 9.40. The highest BCUT2D eigenvalue weighted by molar-refractivity contribution is 5.93. The van der Waals surface area contributed by atoms with Crippen molar-refractivity contribution in [3.63, 3.8) is 0 Å². The molecule has 0 amide bonds. The van der Waals surface area contributed by atoms with Crippen LogP contribution in [0.4, 0.5) is 0 Å². The zero-order chi connectivity index (χ0) is 13.1. The molecule has 0 aliphatic carbocycles. The Bertz CT molecular complexity index is 701. The van der Waals surface area contributed by atoms with Crippen molar-refractivity contribution in [2.24, 2.45) is 0 Å². The molecule has 3 heteroatoms. The van der Waals surface area contributed by atoms with Gasteiger partial charge in [-0.15, -0.1) is 0 Å². The third-order valence-corrected chi connectivity index (χ3v) is 3.16. The Morgan fingerprint density at radius 1 is 1.00 bits per heavy atom. The second-order valence-electron chi connectivity index (χ2n) is 4.41. The van der Waals surface area contributed by atoms with Gasteiger partial charge in [-0.3, -0.25) is 4.68 Å². The topological polar surface area (TPSA) is 34.9 Å². The second-order valence-corrected chi connectivity index (χ2v) is 4.41. The number of carbonyl (C=O) groups is 1. The maximum atomic E-state index is 10.5. The predicted molar refractivity (Wildman–Crippen MR) is 75.9 cm³/mol. The Balaban J connectivity index is 2.17. The first kappa shape index (κ1) is 11.7. The molecule has 0 atom stereocenters. The van der Waals surface area contributed by atoms with Crippen LogP contribution in [-0.4, -0.2) is 16.1 Å². The largest absolute Gasteiger partial charge is 0.303 e. The number of carbonyl (C=O) groups excluding carboxylic acids is 1. The fourth-order valence-electron chi connectivity index (χ4n) is 2.28. The molecule has 0 bridgehead atoms. The summed E-state index contributed by atoms with van der Waals surface area (Å²) in [5, 5.41) is 5.78. The van der Waals surface area contributed by atoms with Crippen LogP contribution in [0.3, 0.4) is 0 Å². The minimum absolute atomic E-state index is 0.486. The van der Waals surface area contributed by atoms with Crippen LogP contribution >= 0.6 is 0 Å². The molecule has 94 valence electrons. The maximum absolute atomic E-state index is 10.5. The summed E-state index contributed by atoms with van der Waals surface area (Å²) in [7, 11) is 0. The Labute approximate surface area is 111 Å². The van der Waals surface area contributed by atoms with Gasteiger partial charge in [0.25, 0.3) is 0 Å². The molecule has 1 heterocycles. The number of aldehydes is 1. The highest BCUT2D eigenvalue weighted by Gasteiger charge is 2.10. The van der Waals surface area contributed by atoms with Crippen molar-refractivity contribution in [2.75, 3.05) is 0 Å². The SMILES string of the molecule is O=CCCn1nc(-c2ccccc2)c2ccccc21. The van der Waals surface area contributed by atoms with Gasteiger partial charge in [0.1, 0.15) is 12.0 Å². The number of hydrogen-bond acceptors (Lipinski definition) is 2. The van der Waals surface area contributed by atoms with E-state index in [9.17, 15) is 4.79 Å². The molecule has 0 fully saturated rings. The Hall–Kier alpha value is -2.42. The molecule has 0 aliphatic heterocycles. The van der Waals surface area contributed by atoms with E-state index in [1.54, 1.807) is 0 Å². The van der Waals surface area contributed by atoms with Crippen LogP contribution in [0, 0.1) is 0 Å². The molecular weight excluding hydrogens is 236 g/mol. The van der Waals surface area contributed by atoms with E-state index >= 15 is 0 Å². The minimum Gasteiger partial charge on any atom is -0.303 e. The van der Waals surface area contributed by atoms with Crippen LogP contribution in [0.2, 0.25) is 0 Å². The van der Waals surface area contributed by atoms with Crippen molar-refractivity contribution in [3.8, 4) is 11.3 Å². The van der Waals surface area contributed by atoms with Gasteiger partial charge >= 0.3 is 0 Å². The molecule has 3 aromatic rings. The first-order valence-corrected chi connectivity index (χ1v) is 6.35. The minimum atomic E-state index is 0.486. The predicted octanol–water partition coefficient (Wildman–Crippen LogP) is 3.29. The van der Waals surface area contributed by atoms with Gasteiger partial charge in [0.05, 0.1) is 5.52 Å². The van der Waals surface area contributed by atoms with Crippen molar-refractivity contribution in [3.05, 3.63) is 54.6 Å². The van der Waals surface area contributed by atoms with E-state index in [2.05, 4.69) is 23.3 Å². The summed E-state index contributed by atoms with van der Waals surface area (Å²) >= 11 is 0. The molecule has 3 nitrogen and oxygen atoms in total. The number of aromatic nitrogens is 2. The fourth-order valence-corrected chi connectivity index (χ4v) is 2.28. The first-order valence-electron chi connectivity index (χ1n) is 6.35. The average Bonchev–Trinajstić information content (AvgIpc) is 2.85. The highest BCUT2D eigenvalue weighted by Crippen LogP contribution is 2.27. The highest BCUT2D eigenvalue weighted by atomic mass is 16.1. The van der Waals surface area contributed by atoms with E-state index in [1.807, 2.05) is 41.1 Å². The normalized spacial score (nSPS) is 10.7. The number of benzene rings is 2.